The van der Waals surface area contributed by atoms with E-state index >= 15 is 0 Å². The fourth-order valence-corrected chi connectivity index (χ4v) is 6.59. The highest BCUT2D eigenvalue weighted by atomic mass is 31.2. The number of anilines is 1. The van der Waals surface area contributed by atoms with Crippen LogP contribution >= 0.6 is 7.75 Å². The molecule has 2 aliphatic rings. The van der Waals surface area contributed by atoms with E-state index in [-0.39, 0.29) is 42.6 Å². The molecule has 0 aliphatic carbocycles. The van der Waals surface area contributed by atoms with E-state index in [1.165, 1.54) is 36.8 Å². The largest absolute Gasteiger partial charge is 0.464 e. The zero-order valence-electron chi connectivity index (χ0n) is 27.1. The summed E-state index contributed by atoms with van der Waals surface area (Å²) in [5, 5.41) is 17.5. The van der Waals surface area contributed by atoms with Crippen molar-refractivity contribution < 1.29 is 51.7 Å². The zero-order chi connectivity index (χ0) is 35.2. The smallest absolute Gasteiger partial charge is 0.459 e. The molecule has 3 aromatic rings. The molecule has 17 nitrogen and oxygen atoms in total. The van der Waals surface area contributed by atoms with Crippen molar-refractivity contribution in [2.45, 2.75) is 63.6 Å². The van der Waals surface area contributed by atoms with E-state index in [4.69, 9.17) is 38.5 Å². The molecule has 3 N–H and O–H groups in total. The number of hydrogen-bond donors (Lipinski definition) is 2. The molecule has 1 aromatic carbocycles. The number of ether oxygens (including phenoxy) is 5. The first-order chi connectivity index (χ1) is 23.5. The Hall–Kier alpha value is -4.59. The van der Waals surface area contributed by atoms with Crippen molar-refractivity contribution in [3.8, 4) is 11.8 Å². The fourth-order valence-electron chi connectivity index (χ4n) is 5.07. The van der Waals surface area contributed by atoms with Gasteiger partial charge in [-0.25, -0.2) is 14.1 Å². The standard InChI is InChI=1S/C31H37N6O11P/c1-4-24(38)45-27-26(22-11-12-23-29(33)34-18-35-37(22)23)47-31(16-32,28(27)46-25(39)5-2)17-44-49(41,48-21-9-7-6-8-10-21)36-19(3)30(40)43-15-20-13-42-14-20/h6-12,18-20,26-28H,4-5,13-15,17H2,1-3H3,(H,36,41)(H2,33,34,35)/t19?,26-,27-,28-,31+,49?/m0/s1. The van der Waals surface area contributed by atoms with Gasteiger partial charge in [-0.05, 0) is 31.2 Å². The number of esters is 3. The predicted octanol–water partition coefficient (Wildman–Crippen LogP) is 2.66. The van der Waals surface area contributed by atoms with E-state index in [9.17, 15) is 24.2 Å². The van der Waals surface area contributed by atoms with Crippen LogP contribution in [0.1, 0.15) is 45.4 Å². The number of hydrogen-bond acceptors (Lipinski definition) is 15. The van der Waals surface area contributed by atoms with Crippen molar-refractivity contribution in [3.63, 3.8) is 0 Å². The summed E-state index contributed by atoms with van der Waals surface area (Å²) in [7, 11) is -4.54. The molecule has 6 atom stereocenters. The van der Waals surface area contributed by atoms with Gasteiger partial charge in [0.25, 0.3) is 0 Å². The topological polar surface area (TPSA) is 225 Å². The summed E-state index contributed by atoms with van der Waals surface area (Å²) in [6, 6.07) is 12.0. The van der Waals surface area contributed by atoms with Crippen LogP contribution < -0.4 is 15.3 Å². The first-order valence-corrected chi connectivity index (χ1v) is 17.1. The van der Waals surface area contributed by atoms with Crippen LogP contribution in [0.5, 0.6) is 5.75 Å². The maximum Gasteiger partial charge on any atom is 0.459 e. The van der Waals surface area contributed by atoms with Gasteiger partial charge < -0.3 is 33.9 Å². The number of para-hydroxylation sites is 1. The minimum absolute atomic E-state index is 0.0520. The minimum atomic E-state index is -4.54. The Morgan fingerprint density at radius 1 is 1.14 bits per heavy atom. The highest BCUT2D eigenvalue weighted by Crippen LogP contribution is 2.50. The van der Waals surface area contributed by atoms with Crippen LogP contribution in [0.3, 0.4) is 0 Å². The Bertz CT molecular complexity index is 1750. The number of nitrogens with two attached hydrogens (primary N) is 1. The average Bonchev–Trinajstić information content (AvgIpc) is 3.63. The number of carbonyl (C=O) groups excluding carboxylic acids is 3. The Balaban J connectivity index is 1.49. The van der Waals surface area contributed by atoms with Crippen LogP contribution in [0.2, 0.25) is 0 Å². The highest BCUT2D eigenvalue weighted by Gasteiger charge is 2.62. The van der Waals surface area contributed by atoms with Gasteiger partial charge in [0, 0.05) is 18.8 Å². The van der Waals surface area contributed by atoms with Crippen molar-refractivity contribution in [2.24, 2.45) is 5.92 Å². The number of rotatable bonds is 15. The van der Waals surface area contributed by atoms with E-state index < -0.39 is 62.2 Å². The Morgan fingerprint density at radius 2 is 1.86 bits per heavy atom. The summed E-state index contributed by atoms with van der Waals surface area (Å²) >= 11 is 0. The number of nitrogens with one attached hydrogen (secondary N) is 1. The predicted molar refractivity (Wildman–Crippen MR) is 168 cm³/mol. The second kappa shape index (κ2) is 15.3. The summed E-state index contributed by atoms with van der Waals surface area (Å²) in [6.07, 6.45) is -3.20. The molecule has 49 heavy (non-hydrogen) atoms. The molecular weight excluding hydrogens is 663 g/mol. The van der Waals surface area contributed by atoms with E-state index in [2.05, 4.69) is 15.2 Å². The number of benzene rings is 1. The molecule has 2 aliphatic heterocycles. The molecule has 0 saturated carbocycles. The SMILES string of the molecule is CCC(=O)O[C@H]1[C@H](c2ccc3c(N)ncnn23)O[C@](C#N)(COP(=O)(NC(C)C(=O)OCC2COC2)Oc2ccccc2)[C@H]1OC(=O)CC. The quantitative estimate of drug-likeness (QED) is 0.132. The molecule has 2 unspecified atom stereocenters. The molecule has 0 amide bonds. The number of fused-ring (bicyclic) bond motifs is 1. The van der Waals surface area contributed by atoms with Crippen LogP contribution in [0, 0.1) is 17.2 Å². The summed E-state index contributed by atoms with van der Waals surface area (Å²) in [6.45, 7) is 4.69. The van der Waals surface area contributed by atoms with Gasteiger partial charge in [0.2, 0.25) is 5.60 Å². The van der Waals surface area contributed by atoms with Crippen LogP contribution in [0.25, 0.3) is 5.52 Å². The van der Waals surface area contributed by atoms with Gasteiger partial charge in [-0.3, -0.25) is 18.9 Å². The summed E-state index contributed by atoms with van der Waals surface area (Å²) in [5.74, 6) is -1.84. The van der Waals surface area contributed by atoms with Crippen LogP contribution in [0.15, 0.2) is 48.8 Å². The minimum Gasteiger partial charge on any atom is -0.464 e. The molecule has 2 saturated heterocycles. The van der Waals surface area contributed by atoms with E-state index in [1.807, 2.05) is 6.07 Å². The summed E-state index contributed by atoms with van der Waals surface area (Å²) in [4.78, 5) is 42.3. The molecule has 0 radical (unpaired) electrons. The molecule has 2 aromatic heterocycles. The Morgan fingerprint density at radius 3 is 2.51 bits per heavy atom. The lowest BCUT2D eigenvalue weighted by atomic mass is 9.95. The molecular formula is C31H37N6O11P. The van der Waals surface area contributed by atoms with E-state index in [0.717, 1.165) is 0 Å². The van der Waals surface area contributed by atoms with Gasteiger partial charge in [0.1, 0.15) is 42.4 Å². The van der Waals surface area contributed by atoms with Gasteiger partial charge in [0.05, 0.1) is 25.5 Å². The second-order valence-corrected chi connectivity index (χ2v) is 13.1. The maximum atomic E-state index is 14.4. The fraction of sp³-hybridized carbons (Fsp3) is 0.484. The summed E-state index contributed by atoms with van der Waals surface area (Å²) < 4.78 is 55.6. The number of aromatic nitrogens is 3. The third-order valence-electron chi connectivity index (χ3n) is 7.78. The molecule has 262 valence electrons. The highest BCUT2D eigenvalue weighted by molar-refractivity contribution is 7.52. The zero-order valence-corrected chi connectivity index (χ0v) is 27.9. The molecule has 2 fully saturated rings. The first kappa shape index (κ1) is 35.7. The van der Waals surface area contributed by atoms with E-state index in [0.29, 0.717) is 18.7 Å². The number of nitrogens with zero attached hydrogens (tertiary/aromatic N) is 4. The Labute approximate surface area is 281 Å². The van der Waals surface area contributed by atoms with Crippen molar-refractivity contribution in [1.29, 1.82) is 5.26 Å². The van der Waals surface area contributed by atoms with Gasteiger partial charge >= 0.3 is 25.7 Å². The van der Waals surface area contributed by atoms with Gasteiger partial charge in [-0.2, -0.15) is 15.4 Å². The van der Waals surface area contributed by atoms with Crippen LogP contribution in [-0.2, 0) is 47.2 Å². The monoisotopic (exact) mass is 700 g/mol. The number of nitriles is 1. The summed E-state index contributed by atoms with van der Waals surface area (Å²) in [5.41, 5.74) is 4.47. The Kier molecular flexibility index (Phi) is 11.2. The third-order valence-corrected chi connectivity index (χ3v) is 9.40. The van der Waals surface area contributed by atoms with Crippen molar-refractivity contribution in [1.82, 2.24) is 19.7 Å². The molecule has 5 rings (SSSR count). The maximum absolute atomic E-state index is 14.4. The number of nitrogen functional groups attached to an aromatic ring is 1. The van der Waals surface area contributed by atoms with Gasteiger partial charge in [-0.1, -0.05) is 32.0 Å². The van der Waals surface area contributed by atoms with Gasteiger partial charge in [-0.15, -0.1) is 0 Å². The molecule has 0 bridgehead atoms. The van der Waals surface area contributed by atoms with Crippen LogP contribution in [0.4, 0.5) is 5.82 Å². The lowest BCUT2D eigenvalue weighted by molar-refractivity contribution is -0.169. The molecule has 0 spiro atoms. The van der Waals surface area contributed by atoms with Crippen molar-refractivity contribution in [2.75, 3.05) is 32.2 Å². The van der Waals surface area contributed by atoms with E-state index in [1.54, 1.807) is 37.3 Å². The van der Waals surface area contributed by atoms with Gasteiger partial charge in [0.15, 0.2) is 18.0 Å². The van der Waals surface area contributed by atoms with Crippen molar-refractivity contribution >= 4 is 37.0 Å². The second-order valence-electron chi connectivity index (χ2n) is 11.4. The third kappa shape index (κ3) is 8.01. The first-order valence-electron chi connectivity index (χ1n) is 15.6. The normalized spacial score (nSPS) is 23.8. The average molecular weight is 701 g/mol. The lowest BCUT2D eigenvalue weighted by Gasteiger charge is -2.30. The number of carbonyl (C=O) groups is 3. The molecule has 18 heteroatoms. The van der Waals surface area contributed by atoms with Crippen molar-refractivity contribution in [3.05, 3.63) is 54.5 Å². The lowest BCUT2D eigenvalue weighted by Crippen LogP contribution is -2.49. The molecule has 4 heterocycles. The van der Waals surface area contributed by atoms with Crippen LogP contribution in [-0.4, -0.2) is 82.8 Å².